The first-order valence-electron chi connectivity index (χ1n) is 4.62. The summed E-state index contributed by atoms with van der Waals surface area (Å²) in [5.41, 5.74) is 1.51. The fraction of sp³-hybridized carbons (Fsp3) is 0.250. The Balaban J connectivity index is 2.96. The van der Waals surface area contributed by atoms with E-state index >= 15 is 0 Å². The molecule has 3 heteroatoms. The lowest BCUT2D eigenvalue weighted by molar-refractivity contribution is 0.101. The second kappa shape index (κ2) is 4.64. The normalized spacial score (nSPS) is 9.73. The zero-order chi connectivity index (χ0) is 11.4. The number of ketones is 1. The van der Waals surface area contributed by atoms with Crippen LogP contribution in [-0.2, 0) is 0 Å². The summed E-state index contributed by atoms with van der Waals surface area (Å²) in [7, 11) is 0. The third-order valence-electron chi connectivity index (χ3n) is 1.91. The van der Waals surface area contributed by atoms with Crippen molar-refractivity contribution in [2.45, 2.75) is 13.8 Å². The predicted molar refractivity (Wildman–Crippen MR) is 58.4 cm³/mol. The van der Waals surface area contributed by atoms with E-state index < -0.39 is 0 Å². The first-order chi connectivity index (χ1) is 7.00. The molecule has 0 amide bonds. The van der Waals surface area contributed by atoms with Crippen LogP contribution in [0.4, 0.5) is 0 Å². The standard InChI is InChI=1S/C12H14O3/c1-8-4-5-11(10(3)14)12(6-8)15-7-9(2)13/h4-6,13H,2,7H2,1,3H3. The van der Waals surface area contributed by atoms with E-state index in [9.17, 15) is 4.79 Å². The average Bonchev–Trinajstić information content (AvgIpc) is 2.14. The first kappa shape index (κ1) is 11.3. The molecule has 0 spiro atoms. The fourth-order valence-corrected chi connectivity index (χ4v) is 1.20. The highest BCUT2D eigenvalue weighted by Crippen LogP contribution is 2.21. The number of ether oxygens (including phenoxy) is 1. The van der Waals surface area contributed by atoms with Gasteiger partial charge in [0, 0.05) is 0 Å². The summed E-state index contributed by atoms with van der Waals surface area (Å²) in [6, 6.07) is 5.32. The Bertz CT molecular complexity index is 394. The van der Waals surface area contributed by atoms with Crippen LogP contribution < -0.4 is 4.74 Å². The number of rotatable bonds is 4. The van der Waals surface area contributed by atoms with Crippen LogP contribution in [0, 0.1) is 6.92 Å². The van der Waals surface area contributed by atoms with Gasteiger partial charge in [-0.25, -0.2) is 0 Å². The molecule has 1 rings (SSSR count). The quantitative estimate of drug-likeness (QED) is 0.608. The van der Waals surface area contributed by atoms with Gasteiger partial charge in [-0.1, -0.05) is 12.6 Å². The summed E-state index contributed by atoms with van der Waals surface area (Å²) in [6.07, 6.45) is 0. The highest BCUT2D eigenvalue weighted by Gasteiger charge is 2.08. The third kappa shape index (κ3) is 3.13. The molecule has 1 aromatic carbocycles. The van der Waals surface area contributed by atoms with Gasteiger partial charge in [-0.2, -0.15) is 0 Å². The maximum absolute atomic E-state index is 11.3. The van der Waals surface area contributed by atoms with Crippen LogP contribution in [0.3, 0.4) is 0 Å². The fourth-order valence-electron chi connectivity index (χ4n) is 1.20. The minimum atomic E-state index is -0.0639. The number of carbonyl (C=O) groups excluding carboxylic acids is 1. The molecule has 0 aromatic heterocycles. The van der Waals surface area contributed by atoms with Gasteiger partial charge in [0.05, 0.1) is 5.56 Å². The van der Waals surface area contributed by atoms with Gasteiger partial charge < -0.3 is 9.84 Å². The molecule has 0 unspecified atom stereocenters. The number of aliphatic hydroxyl groups excluding tert-OH is 1. The van der Waals surface area contributed by atoms with Crippen LogP contribution >= 0.6 is 0 Å². The van der Waals surface area contributed by atoms with Crippen LogP contribution in [0.2, 0.25) is 0 Å². The van der Waals surface area contributed by atoms with E-state index in [0.29, 0.717) is 11.3 Å². The van der Waals surface area contributed by atoms with E-state index in [0.717, 1.165) is 5.56 Å². The largest absolute Gasteiger partial charge is 0.509 e. The van der Waals surface area contributed by atoms with Crippen molar-refractivity contribution in [3.05, 3.63) is 41.7 Å². The van der Waals surface area contributed by atoms with Gasteiger partial charge in [0.2, 0.25) is 0 Å². The lowest BCUT2D eigenvalue weighted by Gasteiger charge is -2.09. The Kier molecular flexibility index (Phi) is 3.50. The van der Waals surface area contributed by atoms with Crippen molar-refractivity contribution in [3.8, 4) is 5.75 Å². The molecule has 0 bridgehead atoms. The summed E-state index contributed by atoms with van der Waals surface area (Å²) >= 11 is 0. The van der Waals surface area contributed by atoms with Crippen molar-refractivity contribution in [1.29, 1.82) is 0 Å². The van der Waals surface area contributed by atoms with Crippen molar-refractivity contribution in [1.82, 2.24) is 0 Å². The second-order valence-corrected chi connectivity index (χ2v) is 3.41. The number of benzene rings is 1. The van der Waals surface area contributed by atoms with Crippen molar-refractivity contribution < 1.29 is 14.6 Å². The SMILES string of the molecule is C=C(O)COc1cc(C)ccc1C(C)=O. The van der Waals surface area contributed by atoms with Crippen LogP contribution in [0.15, 0.2) is 30.5 Å². The van der Waals surface area contributed by atoms with E-state index in [4.69, 9.17) is 9.84 Å². The summed E-state index contributed by atoms with van der Waals surface area (Å²) < 4.78 is 5.27. The van der Waals surface area contributed by atoms with Crippen molar-refractivity contribution in [2.24, 2.45) is 0 Å². The van der Waals surface area contributed by atoms with Crippen molar-refractivity contribution >= 4 is 5.78 Å². The number of aryl methyl sites for hydroxylation is 1. The molecule has 0 atom stereocenters. The topological polar surface area (TPSA) is 46.5 Å². The lowest BCUT2D eigenvalue weighted by Crippen LogP contribution is -2.04. The smallest absolute Gasteiger partial charge is 0.163 e. The highest BCUT2D eigenvalue weighted by molar-refractivity contribution is 5.96. The molecule has 0 aliphatic carbocycles. The number of Topliss-reactive ketones (excluding diaryl/α,β-unsaturated/α-hetero) is 1. The Morgan fingerprint density at radius 1 is 1.53 bits per heavy atom. The van der Waals surface area contributed by atoms with Crippen LogP contribution in [-0.4, -0.2) is 17.5 Å². The number of hydrogen-bond acceptors (Lipinski definition) is 3. The van der Waals surface area contributed by atoms with Crippen molar-refractivity contribution in [2.75, 3.05) is 6.61 Å². The highest BCUT2D eigenvalue weighted by atomic mass is 16.5. The van der Waals surface area contributed by atoms with Gasteiger partial charge in [-0.15, -0.1) is 0 Å². The van der Waals surface area contributed by atoms with Gasteiger partial charge >= 0.3 is 0 Å². The van der Waals surface area contributed by atoms with E-state index in [1.54, 1.807) is 12.1 Å². The zero-order valence-corrected chi connectivity index (χ0v) is 8.91. The Labute approximate surface area is 89.0 Å². The van der Waals surface area contributed by atoms with Gasteiger partial charge in [-0.05, 0) is 31.5 Å². The van der Waals surface area contributed by atoms with E-state index in [1.807, 2.05) is 13.0 Å². The molecular weight excluding hydrogens is 192 g/mol. The Hall–Kier alpha value is -1.77. The molecule has 0 heterocycles. The minimum absolute atomic E-state index is 0.00370. The summed E-state index contributed by atoms with van der Waals surface area (Å²) in [6.45, 7) is 6.70. The molecule has 0 saturated heterocycles. The van der Waals surface area contributed by atoms with Crippen LogP contribution in [0.5, 0.6) is 5.75 Å². The lowest BCUT2D eigenvalue weighted by atomic mass is 10.1. The molecule has 0 saturated carbocycles. The molecular formula is C12H14O3. The molecule has 15 heavy (non-hydrogen) atoms. The molecule has 0 aliphatic heterocycles. The van der Waals surface area contributed by atoms with Crippen LogP contribution in [0.25, 0.3) is 0 Å². The summed E-state index contributed by atoms with van der Waals surface area (Å²) in [4.78, 5) is 11.3. The summed E-state index contributed by atoms with van der Waals surface area (Å²) in [5, 5.41) is 8.91. The monoisotopic (exact) mass is 206 g/mol. The van der Waals surface area contributed by atoms with Crippen LogP contribution in [0.1, 0.15) is 22.8 Å². The number of carbonyl (C=O) groups is 1. The van der Waals surface area contributed by atoms with E-state index in [-0.39, 0.29) is 18.1 Å². The van der Waals surface area contributed by atoms with E-state index in [2.05, 4.69) is 6.58 Å². The zero-order valence-electron chi connectivity index (χ0n) is 8.91. The molecule has 1 aromatic rings. The second-order valence-electron chi connectivity index (χ2n) is 3.41. The Morgan fingerprint density at radius 2 is 2.20 bits per heavy atom. The predicted octanol–water partition coefficient (Wildman–Crippen LogP) is 2.65. The third-order valence-corrected chi connectivity index (χ3v) is 1.91. The first-order valence-corrected chi connectivity index (χ1v) is 4.62. The molecule has 0 radical (unpaired) electrons. The van der Waals surface area contributed by atoms with Gasteiger partial charge in [0.15, 0.2) is 5.78 Å². The average molecular weight is 206 g/mol. The van der Waals surface area contributed by atoms with Gasteiger partial charge in [0.1, 0.15) is 18.1 Å². The van der Waals surface area contributed by atoms with Gasteiger partial charge in [0.25, 0.3) is 0 Å². The molecule has 0 aliphatic rings. The van der Waals surface area contributed by atoms with Gasteiger partial charge in [-0.3, -0.25) is 4.79 Å². The maximum Gasteiger partial charge on any atom is 0.163 e. The maximum atomic E-state index is 11.3. The van der Waals surface area contributed by atoms with E-state index in [1.165, 1.54) is 6.92 Å². The molecule has 3 nitrogen and oxygen atoms in total. The summed E-state index contributed by atoms with van der Waals surface area (Å²) in [5.74, 6) is 0.359. The number of aliphatic hydroxyl groups is 1. The minimum Gasteiger partial charge on any atom is -0.509 e. The molecule has 80 valence electrons. The molecule has 0 fully saturated rings. The molecule has 1 N–H and O–H groups in total. The Morgan fingerprint density at radius 3 is 2.73 bits per heavy atom. The van der Waals surface area contributed by atoms with Crippen molar-refractivity contribution in [3.63, 3.8) is 0 Å². The number of hydrogen-bond donors (Lipinski definition) is 1.